The van der Waals surface area contributed by atoms with Gasteiger partial charge in [0.15, 0.2) is 10.9 Å². The highest BCUT2D eigenvalue weighted by molar-refractivity contribution is 7.99. The molecular formula is C20H24N4O2S2. The summed E-state index contributed by atoms with van der Waals surface area (Å²) in [6.07, 6.45) is 6.03. The van der Waals surface area contributed by atoms with Crippen molar-refractivity contribution in [3.05, 3.63) is 32.1 Å². The highest BCUT2D eigenvalue weighted by Crippen LogP contribution is 2.35. The highest BCUT2D eigenvalue weighted by atomic mass is 32.2. The number of carbonyl (C=O) groups is 1. The summed E-state index contributed by atoms with van der Waals surface area (Å²) in [7, 11) is 0. The molecule has 0 saturated heterocycles. The number of nitrogens with zero attached hydrogens (tertiary/aromatic N) is 3. The predicted octanol–water partition coefficient (Wildman–Crippen LogP) is 3.55. The molecule has 0 aliphatic heterocycles. The van der Waals surface area contributed by atoms with Crippen LogP contribution in [0.4, 0.5) is 0 Å². The Morgan fingerprint density at radius 3 is 2.86 bits per heavy atom. The molecule has 28 heavy (non-hydrogen) atoms. The van der Waals surface area contributed by atoms with Gasteiger partial charge in [-0.1, -0.05) is 31.5 Å². The molecular weight excluding hydrogens is 392 g/mol. The van der Waals surface area contributed by atoms with Crippen LogP contribution in [0.15, 0.2) is 21.2 Å². The average molecular weight is 417 g/mol. The first-order valence-corrected chi connectivity index (χ1v) is 11.4. The van der Waals surface area contributed by atoms with Crippen molar-refractivity contribution in [1.29, 1.82) is 5.26 Å². The molecule has 1 aliphatic rings. The molecule has 0 spiro atoms. The number of aromatic nitrogens is 2. The molecule has 0 atom stereocenters. The highest BCUT2D eigenvalue weighted by Gasteiger charge is 2.24. The van der Waals surface area contributed by atoms with Gasteiger partial charge in [-0.15, -0.1) is 11.3 Å². The number of rotatable bonds is 8. The molecule has 0 aromatic carbocycles. The number of hydrogen-bond donors (Lipinski definition) is 1. The smallest absolute Gasteiger partial charge is 0.263 e. The number of thioether (sulfide) groups is 1. The molecule has 0 unspecified atom stereocenters. The largest absolute Gasteiger partial charge is 0.401 e. The Morgan fingerprint density at radius 2 is 2.18 bits per heavy atom. The second-order valence-electron chi connectivity index (χ2n) is 6.98. The van der Waals surface area contributed by atoms with Gasteiger partial charge in [0.1, 0.15) is 16.5 Å². The van der Waals surface area contributed by atoms with E-state index in [0.29, 0.717) is 11.7 Å². The number of carbonyl (C=O) groups excluding carboxylic acids is 1. The molecule has 0 bridgehead atoms. The fraction of sp³-hybridized carbons (Fsp3) is 0.500. The second-order valence-corrected chi connectivity index (χ2v) is 9.00. The van der Waals surface area contributed by atoms with E-state index in [9.17, 15) is 9.59 Å². The van der Waals surface area contributed by atoms with Crippen LogP contribution in [-0.2, 0) is 24.2 Å². The zero-order chi connectivity index (χ0) is 20.3. The van der Waals surface area contributed by atoms with Crippen molar-refractivity contribution in [3.63, 3.8) is 0 Å². The first-order chi connectivity index (χ1) is 13.5. The normalized spacial score (nSPS) is 14.0. The third kappa shape index (κ3) is 4.01. The van der Waals surface area contributed by atoms with E-state index < -0.39 is 0 Å². The van der Waals surface area contributed by atoms with Gasteiger partial charge in [-0.2, -0.15) is 5.26 Å². The number of nitrogens with two attached hydrogens (primary N) is 1. The molecule has 6 nitrogen and oxygen atoms in total. The molecule has 2 N–H and O–H groups in total. The number of hydrogen-bond acceptors (Lipinski definition) is 7. The number of fused-ring (bicyclic) bond motifs is 3. The van der Waals surface area contributed by atoms with Gasteiger partial charge in [-0.25, -0.2) is 4.98 Å². The molecule has 8 heteroatoms. The molecule has 2 aromatic rings. The Balaban J connectivity index is 1.97. The Kier molecular flexibility index (Phi) is 6.57. The topological polar surface area (TPSA) is 102 Å². The van der Waals surface area contributed by atoms with Crippen molar-refractivity contribution < 1.29 is 4.79 Å². The molecule has 2 aromatic heterocycles. The minimum Gasteiger partial charge on any atom is -0.401 e. The molecule has 3 rings (SSSR count). The summed E-state index contributed by atoms with van der Waals surface area (Å²) in [5, 5.41) is 10.4. The van der Waals surface area contributed by atoms with Crippen molar-refractivity contribution >= 4 is 39.1 Å². The lowest BCUT2D eigenvalue weighted by atomic mass is 10.2. The van der Waals surface area contributed by atoms with E-state index in [1.807, 2.05) is 6.07 Å². The van der Waals surface area contributed by atoms with Crippen LogP contribution in [0, 0.1) is 11.3 Å². The van der Waals surface area contributed by atoms with Crippen LogP contribution in [0.25, 0.3) is 10.2 Å². The van der Waals surface area contributed by atoms with E-state index in [-0.39, 0.29) is 28.4 Å². The number of unbranched alkanes of at least 4 members (excludes halogenated alkanes) is 2. The summed E-state index contributed by atoms with van der Waals surface area (Å²) in [5.41, 5.74) is 6.99. The third-order valence-corrected chi connectivity index (χ3v) is 7.05. The number of allylic oxidation sites excluding steroid dienone is 2. The van der Waals surface area contributed by atoms with E-state index >= 15 is 0 Å². The van der Waals surface area contributed by atoms with Crippen LogP contribution in [0.3, 0.4) is 0 Å². The van der Waals surface area contributed by atoms with Gasteiger partial charge >= 0.3 is 0 Å². The van der Waals surface area contributed by atoms with Crippen molar-refractivity contribution in [2.24, 2.45) is 5.73 Å². The van der Waals surface area contributed by atoms with Gasteiger partial charge in [0.2, 0.25) is 0 Å². The minimum atomic E-state index is -0.337. The Morgan fingerprint density at radius 1 is 1.39 bits per heavy atom. The van der Waals surface area contributed by atoms with Gasteiger partial charge < -0.3 is 5.73 Å². The summed E-state index contributed by atoms with van der Waals surface area (Å²) >= 11 is 2.81. The maximum absolute atomic E-state index is 13.3. The summed E-state index contributed by atoms with van der Waals surface area (Å²) in [6, 6.07) is 1.87. The maximum Gasteiger partial charge on any atom is 0.263 e. The number of Topliss-reactive ketones (excluding diaryl/α,β-unsaturated/α-hetero) is 1. The summed E-state index contributed by atoms with van der Waals surface area (Å²) < 4.78 is 1.71. The van der Waals surface area contributed by atoms with Crippen LogP contribution in [0.1, 0.15) is 50.0 Å². The van der Waals surface area contributed by atoms with Crippen LogP contribution in [0.5, 0.6) is 0 Å². The van der Waals surface area contributed by atoms with Crippen LogP contribution in [0.2, 0.25) is 0 Å². The second kappa shape index (κ2) is 8.93. The molecule has 0 radical (unpaired) electrons. The zero-order valence-corrected chi connectivity index (χ0v) is 17.8. The van der Waals surface area contributed by atoms with Gasteiger partial charge in [-0.05, 0) is 38.2 Å². The number of thiophene rings is 1. The zero-order valence-electron chi connectivity index (χ0n) is 16.2. The lowest BCUT2D eigenvalue weighted by molar-refractivity contribution is -0.112. The Labute approximate surface area is 172 Å². The van der Waals surface area contributed by atoms with E-state index in [1.165, 1.54) is 22.2 Å². The summed E-state index contributed by atoms with van der Waals surface area (Å²) in [6.45, 7) is 4.25. The van der Waals surface area contributed by atoms with Crippen molar-refractivity contribution in [3.8, 4) is 6.07 Å². The molecule has 148 valence electrons. The van der Waals surface area contributed by atoms with E-state index in [4.69, 9.17) is 16.0 Å². The number of aryl methyl sites for hydroxylation is 2. The lowest BCUT2D eigenvalue weighted by Crippen LogP contribution is -2.24. The molecule has 0 fully saturated rings. The fourth-order valence-corrected chi connectivity index (χ4v) is 5.66. The molecule has 0 saturated carbocycles. The standard InChI is InChI=1S/C20H24N4O2S2/c1-3-4-5-9-24-19(26)17-13-7-6-8-16(13)28-18(17)23-20(24)27-11-15(25)14(10-21)12(2)22/h3-9,11,22H2,1-2H3/b14-12+. The van der Waals surface area contributed by atoms with Crippen molar-refractivity contribution in [1.82, 2.24) is 9.55 Å². The first kappa shape index (κ1) is 20.6. The van der Waals surface area contributed by atoms with Gasteiger partial charge in [-0.3, -0.25) is 14.2 Å². The average Bonchev–Trinajstić information content (AvgIpc) is 3.23. The summed E-state index contributed by atoms with van der Waals surface area (Å²) in [4.78, 5) is 32.4. The fourth-order valence-electron chi connectivity index (χ4n) is 3.46. The SMILES string of the molecule is CCCCCn1c(SCC(=O)/C(C#N)=C(\C)N)nc2sc3c(c2c1=O)CCC3. The number of ketones is 1. The first-order valence-electron chi connectivity index (χ1n) is 9.55. The monoisotopic (exact) mass is 416 g/mol. The quantitative estimate of drug-likeness (QED) is 0.232. The van der Waals surface area contributed by atoms with E-state index in [2.05, 4.69) is 6.92 Å². The number of nitriles is 1. The van der Waals surface area contributed by atoms with E-state index in [1.54, 1.807) is 22.8 Å². The lowest BCUT2D eigenvalue weighted by Gasteiger charge is -2.12. The maximum atomic E-state index is 13.3. The predicted molar refractivity (Wildman–Crippen MR) is 114 cm³/mol. The van der Waals surface area contributed by atoms with Crippen LogP contribution < -0.4 is 11.3 Å². The van der Waals surface area contributed by atoms with Gasteiger partial charge in [0, 0.05) is 17.1 Å². The summed E-state index contributed by atoms with van der Waals surface area (Å²) in [5.74, 6) is -0.301. The van der Waals surface area contributed by atoms with Crippen LogP contribution in [-0.4, -0.2) is 21.1 Å². The molecule has 1 aliphatic carbocycles. The molecule has 0 amide bonds. The van der Waals surface area contributed by atoms with Crippen molar-refractivity contribution in [2.45, 2.75) is 64.1 Å². The minimum absolute atomic E-state index is 0.00139. The van der Waals surface area contributed by atoms with Crippen LogP contribution >= 0.6 is 23.1 Å². The Bertz CT molecular complexity index is 1040. The molecule has 2 heterocycles. The van der Waals surface area contributed by atoms with Gasteiger partial charge in [0.05, 0.1) is 11.1 Å². The Hall–Kier alpha value is -2.11. The van der Waals surface area contributed by atoms with E-state index in [0.717, 1.165) is 48.7 Å². The third-order valence-electron chi connectivity index (χ3n) is 4.89. The van der Waals surface area contributed by atoms with Crippen molar-refractivity contribution in [2.75, 3.05) is 5.75 Å². The van der Waals surface area contributed by atoms with Gasteiger partial charge in [0.25, 0.3) is 5.56 Å².